The molecule has 3 rings (SSSR count). The normalized spacial score (nSPS) is 12.7. The van der Waals surface area contributed by atoms with Crippen LogP contribution < -0.4 is 0 Å². The van der Waals surface area contributed by atoms with Crippen molar-refractivity contribution >= 4 is 5.65 Å². The van der Waals surface area contributed by atoms with Crippen molar-refractivity contribution in [2.45, 2.75) is 25.6 Å². The number of hydrogen-bond donors (Lipinski definition) is 0. The average Bonchev–Trinajstić information content (AvgIpc) is 2.97. The number of aromatic nitrogens is 4. The molecule has 5 nitrogen and oxygen atoms in total. The summed E-state index contributed by atoms with van der Waals surface area (Å²) in [6.45, 7) is 0.425. The number of hydrogen-bond acceptors (Lipinski definition) is 4. The number of ether oxygens (including phenoxy) is 1. The van der Waals surface area contributed by atoms with Crippen molar-refractivity contribution in [3.63, 3.8) is 0 Å². The van der Waals surface area contributed by atoms with Gasteiger partial charge in [0.05, 0.1) is 24.1 Å². The number of alkyl halides is 5. The maximum Gasteiger partial charge on any atom is 0.416 e. The molecule has 0 saturated carbocycles. The van der Waals surface area contributed by atoms with Crippen LogP contribution in [0.3, 0.4) is 0 Å². The number of benzene rings is 1. The molecule has 0 bridgehead atoms. The Morgan fingerprint density at radius 3 is 2.46 bits per heavy atom. The summed E-state index contributed by atoms with van der Waals surface area (Å²) >= 11 is 0. The van der Waals surface area contributed by atoms with Gasteiger partial charge in [-0.15, -0.1) is 10.2 Å². The van der Waals surface area contributed by atoms with Crippen LogP contribution in [0.2, 0.25) is 0 Å². The summed E-state index contributed by atoms with van der Waals surface area (Å²) in [4.78, 5) is 4.08. The third-order valence-electron chi connectivity index (χ3n) is 3.69. The number of rotatable bonds is 4. The molecule has 2 aromatic heterocycles. The summed E-state index contributed by atoms with van der Waals surface area (Å²) in [5.41, 5.74) is -0.271. The molecular formula is C16H13F5N4O. The molecule has 0 aliphatic rings. The predicted molar refractivity (Wildman–Crippen MR) is 81.5 cm³/mol. The summed E-state index contributed by atoms with van der Waals surface area (Å²) in [6.07, 6.45) is -2.04. The maximum atomic E-state index is 13.6. The largest absolute Gasteiger partial charge is 0.416 e. The van der Waals surface area contributed by atoms with Crippen LogP contribution in [0.4, 0.5) is 22.0 Å². The molecule has 2 heterocycles. The fourth-order valence-corrected chi connectivity index (χ4v) is 2.55. The lowest BCUT2D eigenvalue weighted by Gasteiger charge is -2.14. The van der Waals surface area contributed by atoms with Crippen molar-refractivity contribution in [2.75, 3.05) is 7.11 Å². The standard InChI is InChI=1S/C16H13F5N4O/c1-15(17,18)14-24-23-13-6-22-12(7-25(13)14)9-3-4-11(16(19,20)21)10(5-9)8-26-2/h3-7H,8H2,1-2H3. The molecule has 0 radical (unpaired) electrons. The van der Waals surface area contributed by atoms with Crippen LogP contribution >= 0.6 is 0 Å². The fraction of sp³-hybridized carbons (Fsp3) is 0.312. The molecule has 138 valence electrons. The highest BCUT2D eigenvalue weighted by Gasteiger charge is 2.34. The van der Waals surface area contributed by atoms with Gasteiger partial charge in [0.25, 0.3) is 0 Å². The third kappa shape index (κ3) is 3.36. The lowest BCUT2D eigenvalue weighted by atomic mass is 10.0. The van der Waals surface area contributed by atoms with Crippen LogP contribution in [0, 0.1) is 0 Å². The van der Waals surface area contributed by atoms with Crippen LogP contribution in [-0.2, 0) is 23.4 Å². The molecule has 0 aliphatic carbocycles. The van der Waals surface area contributed by atoms with Gasteiger partial charge in [0, 0.05) is 25.8 Å². The molecule has 3 aromatic rings. The Labute approximate surface area is 144 Å². The first-order chi connectivity index (χ1) is 12.1. The van der Waals surface area contributed by atoms with E-state index in [4.69, 9.17) is 4.74 Å². The van der Waals surface area contributed by atoms with E-state index in [2.05, 4.69) is 15.2 Å². The third-order valence-corrected chi connectivity index (χ3v) is 3.69. The zero-order valence-corrected chi connectivity index (χ0v) is 13.7. The second kappa shape index (κ2) is 6.27. The Morgan fingerprint density at radius 2 is 1.85 bits per heavy atom. The first kappa shape index (κ1) is 18.2. The monoisotopic (exact) mass is 372 g/mol. The van der Waals surface area contributed by atoms with E-state index in [9.17, 15) is 22.0 Å². The minimum absolute atomic E-state index is 0.0794. The lowest BCUT2D eigenvalue weighted by Crippen LogP contribution is -2.12. The van der Waals surface area contributed by atoms with Gasteiger partial charge in [0.1, 0.15) is 0 Å². The quantitative estimate of drug-likeness (QED) is 0.648. The van der Waals surface area contributed by atoms with E-state index >= 15 is 0 Å². The smallest absolute Gasteiger partial charge is 0.380 e. The highest BCUT2D eigenvalue weighted by molar-refractivity contribution is 5.62. The molecule has 0 amide bonds. The van der Waals surface area contributed by atoms with E-state index < -0.39 is 23.5 Å². The molecule has 0 N–H and O–H groups in total. The Hall–Kier alpha value is -2.62. The maximum absolute atomic E-state index is 13.6. The van der Waals surface area contributed by atoms with Crippen molar-refractivity contribution in [1.29, 1.82) is 0 Å². The van der Waals surface area contributed by atoms with Crippen molar-refractivity contribution in [3.8, 4) is 11.3 Å². The van der Waals surface area contributed by atoms with Gasteiger partial charge in [0.2, 0.25) is 5.82 Å². The van der Waals surface area contributed by atoms with Gasteiger partial charge in [-0.2, -0.15) is 22.0 Å². The van der Waals surface area contributed by atoms with Crippen LogP contribution in [0.1, 0.15) is 23.9 Å². The van der Waals surface area contributed by atoms with Gasteiger partial charge in [0.15, 0.2) is 5.65 Å². The second-order valence-electron chi connectivity index (χ2n) is 5.72. The van der Waals surface area contributed by atoms with Crippen LogP contribution in [0.25, 0.3) is 16.9 Å². The summed E-state index contributed by atoms with van der Waals surface area (Å²) in [5.74, 6) is -3.82. The highest BCUT2D eigenvalue weighted by Crippen LogP contribution is 2.34. The minimum atomic E-state index is -4.53. The van der Waals surface area contributed by atoms with Crippen molar-refractivity contribution < 1.29 is 26.7 Å². The number of methoxy groups -OCH3 is 1. The van der Waals surface area contributed by atoms with Gasteiger partial charge in [-0.3, -0.25) is 9.38 Å². The van der Waals surface area contributed by atoms with Gasteiger partial charge in [-0.05, 0) is 17.7 Å². The van der Waals surface area contributed by atoms with Crippen molar-refractivity contribution in [3.05, 3.63) is 47.5 Å². The molecule has 0 saturated heterocycles. The summed E-state index contributed by atoms with van der Waals surface area (Å²) in [7, 11) is 1.28. The van der Waals surface area contributed by atoms with Gasteiger partial charge in [-0.25, -0.2) is 0 Å². The minimum Gasteiger partial charge on any atom is -0.380 e. The van der Waals surface area contributed by atoms with Gasteiger partial charge < -0.3 is 4.74 Å². The Morgan fingerprint density at radius 1 is 1.12 bits per heavy atom. The molecule has 26 heavy (non-hydrogen) atoms. The lowest BCUT2D eigenvalue weighted by molar-refractivity contribution is -0.138. The molecular weight excluding hydrogens is 359 g/mol. The van der Waals surface area contributed by atoms with E-state index in [1.807, 2.05) is 0 Å². The zero-order valence-electron chi connectivity index (χ0n) is 13.7. The first-order valence-corrected chi connectivity index (χ1v) is 7.40. The molecule has 0 atom stereocenters. The van der Waals surface area contributed by atoms with Crippen molar-refractivity contribution in [2.24, 2.45) is 0 Å². The number of fused-ring (bicyclic) bond motifs is 1. The Balaban J connectivity index is 2.13. The SMILES string of the molecule is COCc1cc(-c2cn3c(C(C)(F)F)nnc3cn2)ccc1C(F)(F)F. The Bertz CT molecular complexity index is 946. The van der Waals surface area contributed by atoms with E-state index in [1.165, 1.54) is 31.6 Å². The molecule has 0 spiro atoms. The molecule has 0 unspecified atom stereocenters. The summed E-state index contributed by atoms with van der Waals surface area (Å²) in [5, 5.41) is 7.06. The second-order valence-corrected chi connectivity index (χ2v) is 5.72. The zero-order chi connectivity index (χ0) is 19.1. The average molecular weight is 372 g/mol. The number of halogens is 5. The fourth-order valence-electron chi connectivity index (χ4n) is 2.55. The van der Waals surface area contributed by atoms with Crippen LogP contribution in [0.15, 0.2) is 30.6 Å². The van der Waals surface area contributed by atoms with Crippen LogP contribution in [0.5, 0.6) is 0 Å². The molecule has 0 fully saturated rings. The van der Waals surface area contributed by atoms with Gasteiger partial charge in [-0.1, -0.05) is 6.07 Å². The van der Waals surface area contributed by atoms with Crippen LogP contribution in [-0.4, -0.2) is 26.7 Å². The number of nitrogens with zero attached hydrogens (tertiary/aromatic N) is 4. The summed E-state index contributed by atoms with van der Waals surface area (Å²) in [6, 6.07) is 3.41. The molecule has 1 aromatic carbocycles. The summed E-state index contributed by atoms with van der Waals surface area (Å²) < 4.78 is 72.4. The highest BCUT2D eigenvalue weighted by atomic mass is 19.4. The van der Waals surface area contributed by atoms with E-state index in [0.717, 1.165) is 10.5 Å². The van der Waals surface area contributed by atoms with E-state index in [0.29, 0.717) is 12.5 Å². The first-order valence-electron chi connectivity index (χ1n) is 7.40. The van der Waals surface area contributed by atoms with E-state index in [-0.39, 0.29) is 23.5 Å². The van der Waals surface area contributed by atoms with E-state index in [1.54, 1.807) is 0 Å². The van der Waals surface area contributed by atoms with Crippen molar-refractivity contribution in [1.82, 2.24) is 19.6 Å². The molecule has 0 aliphatic heterocycles. The van der Waals surface area contributed by atoms with Gasteiger partial charge >= 0.3 is 12.1 Å². The predicted octanol–water partition coefficient (Wildman–Crippen LogP) is 4.07. The topological polar surface area (TPSA) is 52.3 Å². The molecule has 10 heteroatoms. The Kier molecular flexibility index (Phi) is 4.39.